The molecular weight excluding hydrogens is 120 g/mol. The van der Waals surface area contributed by atoms with E-state index in [9.17, 15) is 5.11 Å². The zero-order valence-electron chi connectivity index (χ0n) is 5.12. The Kier molecular flexibility index (Phi) is 1.22. The monoisotopic (exact) mass is 130 g/mol. The molecule has 2 rings (SSSR count). The van der Waals surface area contributed by atoms with Gasteiger partial charge in [0, 0.05) is 6.42 Å². The Morgan fingerprint density at radius 1 is 1.33 bits per heavy atom. The summed E-state index contributed by atoms with van der Waals surface area (Å²) in [5.74, 6) is 0. The molecule has 0 spiro atoms. The average molecular weight is 130 g/mol. The Morgan fingerprint density at radius 3 is 2.89 bits per heavy atom. The lowest BCUT2D eigenvalue weighted by atomic mass is 10.2. The van der Waals surface area contributed by atoms with Crippen LogP contribution in [0.2, 0.25) is 0 Å². The number of fused-ring (bicyclic) bond motifs is 2. The smallest absolute Gasteiger partial charge is 0.107 e. The molecule has 2 unspecified atom stereocenters. The maximum absolute atomic E-state index is 9.19. The lowest BCUT2D eigenvalue weighted by Crippen LogP contribution is -2.31. The van der Waals surface area contributed by atoms with Gasteiger partial charge < -0.3 is 14.6 Å². The van der Waals surface area contributed by atoms with Crippen molar-refractivity contribution in [1.82, 2.24) is 0 Å². The number of aliphatic hydroxyl groups is 1. The molecule has 2 aliphatic heterocycles. The second-order valence-corrected chi connectivity index (χ2v) is 2.64. The lowest BCUT2D eigenvalue weighted by Gasteiger charge is -2.20. The highest BCUT2D eigenvalue weighted by atomic mass is 16.6. The molecule has 2 saturated heterocycles. The summed E-state index contributed by atoms with van der Waals surface area (Å²) < 4.78 is 10.5. The highest BCUT2D eigenvalue weighted by Gasteiger charge is 2.37. The Balaban J connectivity index is 2.07. The summed E-state index contributed by atoms with van der Waals surface area (Å²) in [4.78, 5) is 0. The van der Waals surface area contributed by atoms with Gasteiger partial charge >= 0.3 is 0 Å². The fraction of sp³-hybridized carbons (Fsp3) is 1.00. The summed E-state index contributed by atoms with van der Waals surface area (Å²) in [6.07, 6.45) is 0.602. The number of aliphatic hydroxyl groups excluding tert-OH is 1. The first-order chi connectivity index (χ1) is 4.36. The maximum Gasteiger partial charge on any atom is 0.107 e. The molecule has 1 N–H and O–H groups in total. The van der Waals surface area contributed by atoms with E-state index >= 15 is 0 Å². The van der Waals surface area contributed by atoms with Gasteiger partial charge in [-0.2, -0.15) is 0 Å². The van der Waals surface area contributed by atoms with E-state index in [0.717, 1.165) is 6.42 Å². The summed E-state index contributed by atoms with van der Waals surface area (Å²) in [6, 6.07) is 0. The standard InChI is InChI=1S/C6H10O3/c7-5-1-4-2-8-3-6(5)9-4/h4-7H,1-3H2/t4?,5?,6-/m1/s1. The van der Waals surface area contributed by atoms with Gasteiger partial charge in [-0.1, -0.05) is 0 Å². The van der Waals surface area contributed by atoms with Crippen LogP contribution in [0.25, 0.3) is 0 Å². The van der Waals surface area contributed by atoms with Gasteiger partial charge in [-0.25, -0.2) is 0 Å². The van der Waals surface area contributed by atoms with E-state index in [2.05, 4.69) is 0 Å². The van der Waals surface area contributed by atoms with Crippen LogP contribution in [0.4, 0.5) is 0 Å². The van der Waals surface area contributed by atoms with Gasteiger partial charge in [0.25, 0.3) is 0 Å². The molecule has 0 aromatic rings. The van der Waals surface area contributed by atoms with Crippen molar-refractivity contribution in [1.29, 1.82) is 0 Å². The van der Waals surface area contributed by atoms with Crippen LogP contribution < -0.4 is 0 Å². The summed E-state index contributed by atoms with van der Waals surface area (Å²) in [7, 11) is 0. The molecule has 0 radical (unpaired) electrons. The zero-order valence-corrected chi connectivity index (χ0v) is 5.12. The van der Waals surface area contributed by atoms with Crippen LogP contribution in [0.15, 0.2) is 0 Å². The fourth-order valence-corrected chi connectivity index (χ4v) is 1.39. The second-order valence-electron chi connectivity index (χ2n) is 2.64. The van der Waals surface area contributed by atoms with Crippen LogP contribution >= 0.6 is 0 Å². The molecule has 52 valence electrons. The molecule has 9 heavy (non-hydrogen) atoms. The minimum atomic E-state index is -0.280. The Labute approximate surface area is 53.6 Å². The predicted octanol–water partition coefficient (Wildman–Crippen LogP) is -0.465. The Morgan fingerprint density at radius 2 is 2.22 bits per heavy atom. The van der Waals surface area contributed by atoms with E-state index in [1.807, 2.05) is 0 Å². The van der Waals surface area contributed by atoms with Crippen molar-refractivity contribution >= 4 is 0 Å². The van der Waals surface area contributed by atoms with Crippen LogP contribution in [0.5, 0.6) is 0 Å². The van der Waals surface area contributed by atoms with Gasteiger partial charge in [0.05, 0.1) is 25.4 Å². The van der Waals surface area contributed by atoms with Crippen molar-refractivity contribution in [3.63, 3.8) is 0 Å². The molecule has 3 heteroatoms. The minimum Gasteiger partial charge on any atom is -0.390 e. The number of ether oxygens (including phenoxy) is 2. The van der Waals surface area contributed by atoms with E-state index in [-0.39, 0.29) is 18.3 Å². The molecule has 2 bridgehead atoms. The van der Waals surface area contributed by atoms with Crippen LogP contribution in [0.1, 0.15) is 6.42 Å². The van der Waals surface area contributed by atoms with E-state index in [4.69, 9.17) is 9.47 Å². The SMILES string of the molecule is OC1CC2COC[C@H]1O2. The topological polar surface area (TPSA) is 38.7 Å². The number of hydrogen-bond acceptors (Lipinski definition) is 3. The lowest BCUT2D eigenvalue weighted by molar-refractivity contribution is -0.112. The molecule has 2 heterocycles. The predicted molar refractivity (Wildman–Crippen MR) is 30.1 cm³/mol. The third kappa shape index (κ3) is 0.852. The van der Waals surface area contributed by atoms with E-state index < -0.39 is 0 Å². The van der Waals surface area contributed by atoms with Gasteiger partial charge in [-0.3, -0.25) is 0 Å². The zero-order chi connectivity index (χ0) is 6.27. The number of hydrogen-bond donors (Lipinski definition) is 1. The van der Waals surface area contributed by atoms with E-state index in [1.54, 1.807) is 0 Å². The second kappa shape index (κ2) is 1.94. The fourth-order valence-electron chi connectivity index (χ4n) is 1.39. The molecule has 2 fully saturated rings. The summed E-state index contributed by atoms with van der Waals surface area (Å²) in [5.41, 5.74) is 0. The van der Waals surface area contributed by atoms with Gasteiger partial charge in [0.1, 0.15) is 6.10 Å². The van der Waals surface area contributed by atoms with Gasteiger partial charge in [-0.05, 0) is 0 Å². The van der Waals surface area contributed by atoms with Crippen LogP contribution in [0.3, 0.4) is 0 Å². The highest BCUT2D eigenvalue weighted by molar-refractivity contribution is 4.84. The van der Waals surface area contributed by atoms with E-state index in [1.165, 1.54) is 0 Å². The van der Waals surface area contributed by atoms with Crippen LogP contribution in [-0.4, -0.2) is 36.6 Å². The minimum absolute atomic E-state index is 0.0382. The maximum atomic E-state index is 9.19. The van der Waals surface area contributed by atoms with Crippen LogP contribution in [0, 0.1) is 0 Å². The van der Waals surface area contributed by atoms with Gasteiger partial charge in [0.2, 0.25) is 0 Å². The van der Waals surface area contributed by atoms with Crippen molar-refractivity contribution in [2.45, 2.75) is 24.7 Å². The number of rotatable bonds is 0. The normalized spacial score (nSPS) is 49.7. The first-order valence-electron chi connectivity index (χ1n) is 3.27. The molecule has 3 atom stereocenters. The van der Waals surface area contributed by atoms with Crippen LogP contribution in [-0.2, 0) is 9.47 Å². The molecule has 0 saturated carbocycles. The van der Waals surface area contributed by atoms with Crippen molar-refractivity contribution in [3.05, 3.63) is 0 Å². The van der Waals surface area contributed by atoms with Crippen molar-refractivity contribution < 1.29 is 14.6 Å². The molecule has 0 aromatic heterocycles. The van der Waals surface area contributed by atoms with Gasteiger partial charge in [0.15, 0.2) is 0 Å². The molecule has 0 amide bonds. The molecule has 0 aromatic carbocycles. The third-order valence-corrected chi connectivity index (χ3v) is 1.89. The quantitative estimate of drug-likeness (QED) is 0.482. The first kappa shape index (κ1) is 5.65. The molecule has 3 nitrogen and oxygen atoms in total. The highest BCUT2D eigenvalue weighted by Crippen LogP contribution is 2.24. The largest absolute Gasteiger partial charge is 0.390 e. The first-order valence-corrected chi connectivity index (χ1v) is 3.27. The van der Waals surface area contributed by atoms with Crippen molar-refractivity contribution in [2.24, 2.45) is 0 Å². The average Bonchev–Trinajstić information content (AvgIpc) is 2.09. The Hall–Kier alpha value is -0.120. The molecule has 2 aliphatic rings. The Bertz CT molecular complexity index is 113. The third-order valence-electron chi connectivity index (χ3n) is 1.89. The van der Waals surface area contributed by atoms with E-state index in [0.29, 0.717) is 13.2 Å². The summed E-state index contributed by atoms with van der Waals surface area (Å²) >= 11 is 0. The van der Waals surface area contributed by atoms with Crippen molar-refractivity contribution in [2.75, 3.05) is 13.2 Å². The molecule has 0 aliphatic carbocycles. The summed E-state index contributed by atoms with van der Waals surface area (Å²) in [5, 5.41) is 9.19. The van der Waals surface area contributed by atoms with Gasteiger partial charge in [-0.15, -0.1) is 0 Å². The summed E-state index contributed by atoms with van der Waals surface area (Å²) in [6.45, 7) is 1.23. The van der Waals surface area contributed by atoms with Crippen molar-refractivity contribution in [3.8, 4) is 0 Å². The molecular formula is C6H10O3.